The van der Waals surface area contributed by atoms with Crippen molar-refractivity contribution < 1.29 is 0 Å². The van der Waals surface area contributed by atoms with E-state index in [4.69, 9.17) is 11.6 Å². The molecule has 0 fully saturated rings. The van der Waals surface area contributed by atoms with Crippen molar-refractivity contribution in [1.29, 1.82) is 0 Å². The van der Waals surface area contributed by atoms with Gasteiger partial charge in [0.1, 0.15) is 5.82 Å². The molecular formula is C13H14BrClN2. The Balaban J connectivity index is 2.58. The average molecular weight is 314 g/mol. The smallest absolute Gasteiger partial charge is 0.136 e. The molecule has 0 amide bonds. The summed E-state index contributed by atoms with van der Waals surface area (Å²) < 4.78 is 1.09. The monoisotopic (exact) mass is 312 g/mol. The molecule has 0 aliphatic heterocycles. The number of alkyl halides is 1. The number of hydrogen-bond acceptors (Lipinski definition) is 2. The molecule has 0 aliphatic carbocycles. The van der Waals surface area contributed by atoms with Crippen LogP contribution in [0, 0.1) is 0 Å². The maximum Gasteiger partial charge on any atom is 0.136 e. The molecule has 0 spiro atoms. The van der Waals surface area contributed by atoms with E-state index in [0.29, 0.717) is 5.88 Å². The van der Waals surface area contributed by atoms with E-state index in [1.165, 1.54) is 5.39 Å². The fourth-order valence-electron chi connectivity index (χ4n) is 1.75. The van der Waals surface area contributed by atoms with Crippen molar-refractivity contribution in [3.05, 3.63) is 34.9 Å². The van der Waals surface area contributed by atoms with Gasteiger partial charge in [-0.3, -0.25) is 0 Å². The van der Waals surface area contributed by atoms with Crippen LogP contribution in [0.2, 0.25) is 0 Å². The molecule has 90 valence electrons. The maximum absolute atomic E-state index is 5.90. The van der Waals surface area contributed by atoms with Crippen LogP contribution in [-0.4, -0.2) is 24.0 Å². The van der Waals surface area contributed by atoms with Gasteiger partial charge < -0.3 is 4.90 Å². The summed E-state index contributed by atoms with van der Waals surface area (Å²) >= 11 is 9.46. The fourth-order valence-corrected chi connectivity index (χ4v) is 2.45. The summed E-state index contributed by atoms with van der Waals surface area (Å²) in [7, 11) is 2.02. The van der Waals surface area contributed by atoms with Crippen molar-refractivity contribution in [2.45, 2.75) is 13.0 Å². The summed E-state index contributed by atoms with van der Waals surface area (Å²) in [6, 6.07) is 8.42. The lowest BCUT2D eigenvalue weighted by Crippen LogP contribution is -2.31. The molecule has 0 N–H and O–H groups in total. The van der Waals surface area contributed by atoms with E-state index in [-0.39, 0.29) is 6.04 Å². The van der Waals surface area contributed by atoms with Gasteiger partial charge in [-0.25, -0.2) is 4.98 Å². The van der Waals surface area contributed by atoms with Gasteiger partial charge in [0.05, 0.1) is 0 Å². The number of rotatable bonds is 3. The van der Waals surface area contributed by atoms with Gasteiger partial charge in [-0.15, -0.1) is 11.6 Å². The van der Waals surface area contributed by atoms with E-state index in [1.54, 1.807) is 0 Å². The second-order valence-corrected chi connectivity index (χ2v) is 5.25. The van der Waals surface area contributed by atoms with Gasteiger partial charge in [-0.1, -0.05) is 28.1 Å². The van der Waals surface area contributed by atoms with Crippen LogP contribution >= 0.6 is 27.5 Å². The van der Waals surface area contributed by atoms with Crippen LogP contribution in [0.1, 0.15) is 6.92 Å². The average Bonchev–Trinajstić information content (AvgIpc) is 2.37. The summed E-state index contributed by atoms with van der Waals surface area (Å²) in [5, 5.41) is 2.31. The Morgan fingerprint density at radius 3 is 2.82 bits per heavy atom. The van der Waals surface area contributed by atoms with Gasteiger partial charge in [0.25, 0.3) is 0 Å². The first-order chi connectivity index (χ1) is 8.15. The van der Waals surface area contributed by atoms with Crippen molar-refractivity contribution in [3.63, 3.8) is 0 Å². The van der Waals surface area contributed by atoms with Gasteiger partial charge in [-0.05, 0) is 19.1 Å². The number of halogens is 2. The van der Waals surface area contributed by atoms with Crippen LogP contribution in [0.3, 0.4) is 0 Å². The number of fused-ring (bicyclic) bond motifs is 1. The highest BCUT2D eigenvalue weighted by Gasteiger charge is 2.13. The van der Waals surface area contributed by atoms with E-state index in [9.17, 15) is 0 Å². The lowest BCUT2D eigenvalue weighted by atomic mass is 10.1. The van der Waals surface area contributed by atoms with Gasteiger partial charge >= 0.3 is 0 Å². The van der Waals surface area contributed by atoms with E-state index >= 15 is 0 Å². The third-order valence-electron chi connectivity index (χ3n) is 2.95. The molecule has 0 aliphatic rings. The molecule has 1 aromatic heterocycles. The molecule has 17 heavy (non-hydrogen) atoms. The first-order valence-corrected chi connectivity index (χ1v) is 6.80. The second-order valence-electron chi connectivity index (χ2n) is 4.08. The summed E-state index contributed by atoms with van der Waals surface area (Å²) in [5.41, 5.74) is 0. The zero-order valence-corrected chi connectivity index (χ0v) is 12.2. The highest BCUT2D eigenvalue weighted by molar-refractivity contribution is 9.10. The van der Waals surface area contributed by atoms with Crippen LogP contribution in [0.5, 0.6) is 0 Å². The molecule has 0 bridgehead atoms. The van der Waals surface area contributed by atoms with E-state index in [1.807, 2.05) is 31.4 Å². The second kappa shape index (κ2) is 5.23. The molecule has 4 heteroatoms. The van der Waals surface area contributed by atoms with Crippen LogP contribution in [0.15, 0.2) is 34.9 Å². The zero-order chi connectivity index (χ0) is 12.4. The first kappa shape index (κ1) is 12.7. The Kier molecular flexibility index (Phi) is 3.89. The van der Waals surface area contributed by atoms with Crippen molar-refractivity contribution in [3.8, 4) is 0 Å². The minimum Gasteiger partial charge on any atom is -0.355 e. The molecular weight excluding hydrogens is 300 g/mol. The molecule has 2 aromatic rings. The molecule has 0 saturated heterocycles. The molecule has 2 nitrogen and oxygen atoms in total. The molecule has 1 aromatic carbocycles. The van der Waals surface area contributed by atoms with Gasteiger partial charge in [0.2, 0.25) is 0 Å². The Morgan fingerprint density at radius 2 is 2.12 bits per heavy atom. The number of anilines is 1. The van der Waals surface area contributed by atoms with Gasteiger partial charge in [-0.2, -0.15) is 0 Å². The van der Waals surface area contributed by atoms with E-state index in [2.05, 4.69) is 38.8 Å². The predicted octanol–water partition coefficient (Wildman–Crippen LogP) is 4.06. The van der Waals surface area contributed by atoms with E-state index < -0.39 is 0 Å². The highest BCUT2D eigenvalue weighted by Crippen LogP contribution is 2.29. The number of aromatic nitrogens is 1. The Morgan fingerprint density at radius 1 is 1.35 bits per heavy atom. The van der Waals surface area contributed by atoms with Crippen molar-refractivity contribution in [1.82, 2.24) is 4.98 Å². The Bertz CT molecular complexity index is 530. The quantitative estimate of drug-likeness (QED) is 0.794. The van der Waals surface area contributed by atoms with Crippen molar-refractivity contribution >= 4 is 44.1 Å². The summed E-state index contributed by atoms with van der Waals surface area (Å²) in [6.45, 7) is 2.09. The Labute approximate surface area is 115 Å². The summed E-state index contributed by atoms with van der Waals surface area (Å²) in [6.07, 6.45) is 1.83. The fraction of sp³-hybridized carbons (Fsp3) is 0.308. The van der Waals surface area contributed by atoms with Crippen molar-refractivity contribution in [2.75, 3.05) is 17.8 Å². The number of hydrogen-bond donors (Lipinski definition) is 0. The molecule has 2 rings (SSSR count). The lowest BCUT2D eigenvalue weighted by Gasteiger charge is -2.25. The largest absolute Gasteiger partial charge is 0.355 e. The first-order valence-electron chi connectivity index (χ1n) is 5.47. The third kappa shape index (κ3) is 2.40. The van der Waals surface area contributed by atoms with Gasteiger partial charge in [0, 0.05) is 40.4 Å². The third-order valence-corrected chi connectivity index (χ3v) is 4.09. The number of benzene rings is 1. The predicted molar refractivity (Wildman–Crippen MR) is 78.0 cm³/mol. The van der Waals surface area contributed by atoms with Crippen LogP contribution in [0.25, 0.3) is 10.8 Å². The molecule has 0 saturated carbocycles. The molecule has 1 unspecified atom stereocenters. The molecule has 1 heterocycles. The summed E-state index contributed by atoms with van der Waals surface area (Å²) in [5.74, 6) is 1.56. The normalized spacial score (nSPS) is 12.7. The number of nitrogens with zero attached hydrogens (tertiary/aromatic N) is 2. The van der Waals surface area contributed by atoms with Crippen LogP contribution in [0.4, 0.5) is 5.82 Å². The zero-order valence-electron chi connectivity index (χ0n) is 9.82. The van der Waals surface area contributed by atoms with Crippen molar-refractivity contribution in [2.24, 2.45) is 0 Å². The lowest BCUT2D eigenvalue weighted by molar-refractivity contribution is 0.753. The topological polar surface area (TPSA) is 16.1 Å². The minimum absolute atomic E-state index is 0.258. The maximum atomic E-state index is 5.90. The van der Waals surface area contributed by atoms with Crippen LogP contribution in [-0.2, 0) is 0 Å². The number of pyridine rings is 1. The highest BCUT2D eigenvalue weighted by atomic mass is 79.9. The van der Waals surface area contributed by atoms with E-state index in [0.717, 1.165) is 15.7 Å². The standard InChI is InChI=1S/C13H14BrClN2/c1-9(8-15)17(2)13-11-4-3-5-12(14)10(11)6-7-16-13/h3-7,9H,8H2,1-2H3. The van der Waals surface area contributed by atoms with Crippen LogP contribution < -0.4 is 4.90 Å². The van der Waals surface area contributed by atoms with Gasteiger partial charge in [0.15, 0.2) is 0 Å². The minimum atomic E-state index is 0.258. The summed E-state index contributed by atoms with van der Waals surface area (Å²) in [4.78, 5) is 6.58. The molecule has 0 radical (unpaired) electrons. The molecule has 1 atom stereocenters. The SMILES string of the molecule is CC(CCl)N(C)c1nccc2c(Br)cccc12. The Hall–Kier alpha value is -0.800.